The molecule has 12 heteroatoms. The van der Waals surface area contributed by atoms with E-state index in [1.807, 2.05) is 27.7 Å². The van der Waals surface area contributed by atoms with E-state index < -0.39 is 23.3 Å². The Kier molecular flexibility index (Phi) is 31.1. The maximum atomic E-state index is 10.1. The van der Waals surface area contributed by atoms with Crippen molar-refractivity contribution in [3.8, 4) is 0 Å². The topological polar surface area (TPSA) is 173 Å². The number of thiol groups is 3. The Labute approximate surface area is 214 Å². The van der Waals surface area contributed by atoms with Crippen molar-refractivity contribution in [3.05, 3.63) is 0 Å². The Morgan fingerprint density at radius 2 is 0.818 bits per heavy atom. The lowest BCUT2D eigenvalue weighted by atomic mass is 9.88. The molecule has 0 aliphatic heterocycles. The minimum absolute atomic E-state index is 0.156. The highest BCUT2D eigenvalue weighted by atomic mass is 32.1. The average molecular weight is 537 g/mol. The molecule has 3 atom stereocenters. The van der Waals surface area contributed by atoms with Crippen LogP contribution in [-0.2, 0) is 14.4 Å². The van der Waals surface area contributed by atoms with Gasteiger partial charge in [-0.2, -0.15) is 37.9 Å². The number of carboxylic acid groups (broad SMARTS) is 3. The van der Waals surface area contributed by atoms with E-state index in [1.165, 1.54) is 0 Å². The van der Waals surface area contributed by atoms with E-state index in [9.17, 15) is 14.4 Å². The van der Waals surface area contributed by atoms with E-state index in [0.717, 1.165) is 0 Å². The number of aliphatic carboxylic acids is 3. The Bertz CT molecular complexity index is 408. The first-order valence-corrected chi connectivity index (χ1v) is 12.6. The van der Waals surface area contributed by atoms with Crippen molar-refractivity contribution in [3.63, 3.8) is 0 Å². The highest BCUT2D eigenvalue weighted by Crippen LogP contribution is 2.18. The number of carbonyl (C=O) groups is 3. The number of aliphatic hydroxyl groups is 3. The van der Waals surface area contributed by atoms with Gasteiger partial charge in [-0.15, -0.1) is 0 Å². The third kappa shape index (κ3) is 21.6. The SMILES string of the molecule is CCC(CO)(CO)CO.CCC(CS)C(=O)O.CCC(CS)C(=O)O.CCC(CS)C(=O)O. The number of aliphatic hydroxyl groups excluding tert-OH is 3. The van der Waals surface area contributed by atoms with Crippen LogP contribution in [-0.4, -0.2) is 85.6 Å². The largest absolute Gasteiger partial charge is 0.481 e. The van der Waals surface area contributed by atoms with E-state index in [2.05, 4.69) is 37.9 Å². The number of rotatable bonds is 13. The van der Waals surface area contributed by atoms with Crippen LogP contribution in [0, 0.1) is 23.2 Å². The van der Waals surface area contributed by atoms with Gasteiger partial charge in [-0.05, 0) is 25.7 Å². The van der Waals surface area contributed by atoms with Crippen LogP contribution in [0.2, 0.25) is 0 Å². The highest BCUT2D eigenvalue weighted by molar-refractivity contribution is 7.80. The molecule has 0 aliphatic carbocycles. The molecule has 0 saturated heterocycles. The first kappa shape index (κ1) is 39.5. The summed E-state index contributed by atoms with van der Waals surface area (Å²) in [5, 5.41) is 50.9. The van der Waals surface area contributed by atoms with Crippen LogP contribution in [0.3, 0.4) is 0 Å². The molecule has 200 valence electrons. The number of hydrogen-bond acceptors (Lipinski definition) is 9. The van der Waals surface area contributed by atoms with E-state index in [4.69, 9.17) is 30.6 Å². The van der Waals surface area contributed by atoms with E-state index in [1.54, 1.807) is 0 Å². The molecule has 3 unspecified atom stereocenters. The minimum Gasteiger partial charge on any atom is -0.481 e. The van der Waals surface area contributed by atoms with Crippen LogP contribution in [0.4, 0.5) is 0 Å². The van der Waals surface area contributed by atoms with Gasteiger partial charge in [0.25, 0.3) is 0 Å². The van der Waals surface area contributed by atoms with E-state index in [-0.39, 0.29) is 37.6 Å². The summed E-state index contributed by atoms with van der Waals surface area (Å²) in [5.41, 5.74) is -0.667. The molecule has 0 aromatic rings. The monoisotopic (exact) mass is 536 g/mol. The maximum absolute atomic E-state index is 10.1. The summed E-state index contributed by atoms with van der Waals surface area (Å²) in [6.07, 6.45) is 2.59. The van der Waals surface area contributed by atoms with Crippen molar-refractivity contribution in [2.24, 2.45) is 23.2 Å². The van der Waals surface area contributed by atoms with Gasteiger partial charge in [0.05, 0.1) is 37.6 Å². The molecule has 0 aromatic heterocycles. The second kappa shape index (κ2) is 26.0. The molecule has 0 spiro atoms. The van der Waals surface area contributed by atoms with Crippen LogP contribution in [0.5, 0.6) is 0 Å². The lowest BCUT2D eigenvalue weighted by Crippen LogP contribution is -2.32. The number of carboxylic acids is 3. The van der Waals surface area contributed by atoms with Gasteiger partial charge in [0.15, 0.2) is 0 Å². The fourth-order valence-electron chi connectivity index (χ4n) is 1.63. The minimum atomic E-state index is -0.748. The van der Waals surface area contributed by atoms with Gasteiger partial charge in [0.1, 0.15) is 0 Å². The molecule has 0 rings (SSSR count). The second-order valence-electron chi connectivity index (χ2n) is 7.21. The molecule has 33 heavy (non-hydrogen) atoms. The van der Waals surface area contributed by atoms with Gasteiger partial charge in [0.2, 0.25) is 0 Å². The molecule has 0 radical (unpaired) electrons. The fourth-order valence-corrected chi connectivity index (χ4v) is 2.87. The molecular formula is C21H44O9S3. The van der Waals surface area contributed by atoms with Crippen LogP contribution >= 0.6 is 37.9 Å². The summed E-state index contributed by atoms with van der Waals surface area (Å²) in [4.78, 5) is 30.3. The lowest BCUT2D eigenvalue weighted by molar-refractivity contribution is -0.141. The van der Waals surface area contributed by atoms with Gasteiger partial charge in [-0.25, -0.2) is 0 Å². The molecule has 0 bridgehead atoms. The molecule has 0 aromatic carbocycles. The zero-order valence-electron chi connectivity index (χ0n) is 20.1. The van der Waals surface area contributed by atoms with Gasteiger partial charge in [-0.3, -0.25) is 14.4 Å². The predicted molar refractivity (Wildman–Crippen MR) is 140 cm³/mol. The maximum Gasteiger partial charge on any atom is 0.307 e. The van der Waals surface area contributed by atoms with Crippen LogP contribution in [0.15, 0.2) is 0 Å². The second-order valence-corrected chi connectivity index (χ2v) is 8.30. The summed E-state index contributed by atoms with van der Waals surface area (Å²) in [6, 6.07) is 0. The zero-order chi connectivity index (χ0) is 27.0. The third-order valence-electron chi connectivity index (χ3n) is 4.94. The quantitative estimate of drug-likeness (QED) is 0.160. The molecule has 0 aliphatic rings. The van der Waals surface area contributed by atoms with E-state index in [0.29, 0.717) is 42.9 Å². The van der Waals surface area contributed by atoms with Gasteiger partial charge in [-0.1, -0.05) is 27.7 Å². The average Bonchev–Trinajstić information content (AvgIpc) is 2.79. The molecule has 0 heterocycles. The molecule has 0 amide bonds. The molecule has 0 saturated carbocycles. The molecule has 9 nitrogen and oxygen atoms in total. The zero-order valence-corrected chi connectivity index (χ0v) is 22.7. The van der Waals surface area contributed by atoms with Crippen molar-refractivity contribution in [2.75, 3.05) is 37.1 Å². The van der Waals surface area contributed by atoms with Crippen molar-refractivity contribution >= 4 is 55.8 Å². The predicted octanol–water partition coefficient (Wildman–Crippen LogP) is 2.44. The van der Waals surface area contributed by atoms with Crippen molar-refractivity contribution in [1.29, 1.82) is 0 Å². The van der Waals surface area contributed by atoms with Gasteiger partial charge >= 0.3 is 17.9 Å². The summed E-state index contributed by atoms with van der Waals surface area (Å²) in [5.74, 6) is -1.73. The Morgan fingerprint density at radius 1 is 0.606 bits per heavy atom. The summed E-state index contributed by atoms with van der Waals surface area (Å²) >= 11 is 11.6. The normalized spacial score (nSPS) is 12.9. The highest BCUT2D eigenvalue weighted by Gasteiger charge is 2.24. The molecule has 0 fully saturated rings. The first-order valence-electron chi connectivity index (χ1n) is 10.7. The summed E-state index contributed by atoms with van der Waals surface area (Å²) in [6.45, 7) is 6.88. The summed E-state index contributed by atoms with van der Waals surface area (Å²) < 4.78 is 0. The fraction of sp³-hybridized carbons (Fsp3) is 0.857. The lowest BCUT2D eigenvalue weighted by Gasteiger charge is -2.24. The molecule has 6 N–H and O–H groups in total. The summed E-state index contributed by atoms with van der Waals surface area (Å²) in [7, 11) is 0. The molecular weight excluding hydrogens is 492 g/mol. The van der Waals surface area contributed by atoms with Crippen molar-refractivity contribution in [1.82, 2.24) is 0 Å². The van der Waals surface area contributed by atoms with Gasteiger partial charge < -0.3 is 30.6 Å². The third-order valence-corrected chi connectivity index (χ3v) is 6.27. The van der Waals surface area contributed by atoms with E-state index >= 15 is 0 Å². The Balaban J connectivity index is -0.000000170. The van der Waals surface area contributed by atoms with Crippen LogP contribution < -0.4 is 0 Å². The van der Waals surface area contributed by atoms with Crippen LogP contribution in [0.25, 0.3) is 0 Å². The standard InChI is InChI=1S/C6H14O3.3C5H10O2S/c1-2-6(3-7,4-8)5-9;3*1-2-4(3-8)5(6)7/h7-9H,2-5H2,1H3;3*4,8H,2-3H2,1H3,(H,6,7). The smallest absolute Gasteiger partial charge is 0.307 e. The Hall–Kier alpha value is -0.660. The van der Waals surface area contributed by atoms with Gasteiger partial charge in [0, 0.05) is 22.7 Å². The van der Waals surface area contributed by atoms with Crippen molar-refractivity contribution in [2.45, 2.75) is 53.4 Å². The first-order chi connectivity index (χ1) is 15.4. The Morgan fingerprint density at radius 3 is 0.818 bits per heavy atom. The van der Waals surface area contributed by atoms with Crippen LogP contribution in [0.1, 0.15) is 53.4 Å². The van der Waals surface area contributed by atoms with Crippen molar-refractivity contribution < 1.29 is 45.0 Å². The number of hydrogen-bond donors (Lipinski definition) is 9.